The molecule has 1 aromatic carbocycles. The standard InChI is InChI=1S/C13H18N2O3S/c1-19-8-7-11(15-13(14)17)12(16)18-9-10-5-3-2-4-6-10/h2-6,11H,7-9H2,1H3,(H3,14,15,17)/t11-/m1/s1. The van der Waals surface area contributed by atoms with Crippen molar-refractivity contribution in [3.8, 4) is 0 Å². The van der Waals surface area contributed by atoms with E-state index in [4.69, 9.17) is 10.5 Å². The quantitative estimate of drug-likeness (QED) is 0.743. The van der Waals surface area contributed by atoms with Crippen LogP contribution < -0.4 is 11.1 Å². The van der Waals surface area contributed by atoms with E-state index in [0.29, 0.717) is 6.42 Å². The zero-order valence-corrected chi connectivity index (χ0v) is 11.6. The molecule has 0 aromatic heterocycles. The van der Waals surface area contributed by atoms with Gasteiger partial charge >= 0.3 is 12.0 Å². The molecule has 0 aliphatic heterocycles. The molecule has 0 bridgehead atoms. The van der Waals surface area contributed by atoms with Gasteiger partial charge in [-0.25, -0.2) is 9.59 Å². The second kappa shape index (κ2) is 8.42. The highest BCUT2D eigenvalue weighted by molar-refractivity contribution is 7.98. The lowest BCUT2D eigenvalue weighted by atomic mass is 10.2. The summed E-state index contributed by atoms with van der Waals surface area (Å²) >= 11 is 1.59. The molecule has 0 aliphatic rings. The van der Waals surface area contributed by atoms with Crippen LogP contribution in [0.2, 0.25) is 0 Å². The van der Waals surface area contributed by atoms with Crippen molar-refractivity contribution in [3.05, 3.63) is 35.9 Å². The number of hydrogen-bond donors (Lipinski definition) is 2. The first-order chi connectivity index (χ1) is 9.13. The number of ether oxygens (including phenoxy) is 1. The van der Waals surface area contributed by atoms with Crippen LogP contribution in [0.4, 0.5) is 4.79 Å². The number of nitrogens with one attached hydrogen (secondary N) is 1. The van der Waals surface area contributed by atoms with E-state index < -0.39 is 18.0 Å². The molecule has 104 valence electrons. The number of rotatable bonds is 7. The summed E-state index contributed by atoms with van der Waals surface area (Å²) in [6.45, 7) is 0.190. The van der Waals surface area contributed by atoms with Gasteiger partial charge in [-0.2, -0.15) is 11.8 Å². The molecule has 0 unspecified atom stereocenters. The summed E-state index contributed by atoms with van der Waals surface area (Å²) in [6.07, 6.45) is 2.42. The fourth-order valence-corrected chi connectivity index (χ4v) is 1.96. The van der Waals surface area contributed by atoms with Crippen LogP contribution in [0.5, 0.6) is 0 Å². The number of carbonyl (C=O) groups is 2. The average molecular weight is 282 g/mol. The molecular formula is C13H18N2O3S. The summed E-state index contributed by atoms with van der Waals surface area (Å²) in [6, 6.07) is 7.96. The maximum absolute atomic E-state index is 11.9. The third kappa shape index (κ3) is 6.15. The Kier molecular flexibility index (Phi) is 6.81. The second-order valence-corrected chi connectivity index (χ2v) is 4.92. The Morgan fingerprint density at radius 2 is 2.05 bits per heavy atom. The van der Waals surface area contributed by atoms with Crippen molar-refractivity contribution < 1.29 is 14.3 Å². The van der Waals surface area contributed by atoms with Gasteiger partial charge < -0.3 is 15.8 Å². The Balaban J connectivity index is 2.48. The highest BCUT2D eigenvalue weighted by atomic mass is 32.2. The van der Waals surface area contributed by atoms with Gasteiger partial charge in [0, 0.05) is 0 Å². The van der Waals surface area contributed by atoms with Crippen molar-refractivity contribution in [1.82, 2.24) is 5.32 Å². The molecule has 1 aromatic rings. The number of primary amides is 1. The Morgan fingerprint density at radius 1 is 1.37 bits per heavy atom. The molecule has 1 rings (SSSR count). The van der Waals surface area contributed by atoms with Gasteiger partial charge in [0.2, 0.25) is 0 Å². The van der Waals surface area contributed by atoms with Crippen LogP contribution in [0.3, 0.4) is 0 Å². The maximum atomic E-state index is 11.9. The summed E-state index contributed by atoms with van der Waals surface area (Å²) in [5.74, 6) is 0.280. The van der Waals surface area contributed by atoms with Crippen molar-refractivity contribution in [2.75, 3.05) is 12.0 Å². The van der Waals surface area contributed by atoms with Crippen molar-refractivity contribution in [2.45, 2.75) is 19.1 Å². The van der Waals surface area contributed by atoms with Gasteiger partial charge in [0.05, 0.1) is 0 Å². The van der Waals surface area contributed by atoms with Crippen molar-refractivity contribution >= 4 is 23.8 Å². The number of urea groups is 1. The van der Waals surface area contributed by atoms with E-state index in [1.807, 2.05) is 36.6 Å². The molecule has 0 saturated heterocycles. The van der Waals surface area contributed by atoms with Crippen molar-refractivity contribution in [3.63, 3.8) is 0 Å². The summed E-state index contributed by atoms with van der Waals surface area (Å²) in [7, 11) is 0. The normalized spacial score (nSPS) is 11.6. The number of nitrogens with two attached hydrogens (primary N) is 1. The van der Waals surface area contributed by atoms with E-state index in [1.54, 1.807) is 11.8 Å². The van der Waals surface area contributed by atoms with E-state index >= 15 is 0 Å². The van der Waals surface area contributed by atoms with Crippen LogP contribution in [0.15, 0.2) is 30.3 Å². The predicted octanol–water partition coefficient (Wildman–Crippen LogP) is 1.52. The van der Waals surface area contributed by atoms with Gasteiger partial charge in [0.25, 0.3) is 0 Å². The fraction of sp³-hybridized carbons (Fsp3) is 0.385. The van der Waals surface area contributed by atoms with E-state index in [-0.39, 0.29) is 6.61 Å². The summed E-state index contributed by atoms with van der Waals surface area (Å²) < 4.78 is 5.17. The van der Waals surface area contributed by atoms with E-state index in [9.17, 15) is 9.59 Å². The number of carbonyl (C=O) groups excluding carboxylic acids is 2. The minimum Gasteiger partial charge on any atom is -0.459 e. The highest BCUT2D eigenvalue weighted by Crippen LogP contribution is 2.06. The summed E-state index contributed by atoms with van der Waals surface area (Å²) in [5.41, 5.74) is 5.95. The van der Waals surface area contributed by atoms with Gasteiger partial charge in [-0.15, -0.1) is 0 Å². The van der Waals surface area contributed by atoms with E-state index in [2.05, 4.69) is 5.32 Å². The largest absolute Gasteiger partial charge is 0.459 e. The average Bonchev–Trinajstić information content (AvgIpc) is 2.41. The summed E-state index contributed by atoms with van der Waals surface area (Å²) in [4.78, 5) is 22.7. The van der Waals surface area contributed by atoms with Crippen molar-refractivity contribution in [2.24, 2.45) is 5.73 Å². The Morgan fingerprint density at radius 3 is 2.63 bits per heavy atom. The molecule has 5 nitrogen and oxygen atoms in total. The zero-order valence-electron chi connectivity index (χ0n) is 10.8. The first kappa shape index (κ1) is 15.4. The number of thioether (sulfide) groups is 1. The SMILES string of the molecule is CSCC[C@@H](NC(N)=O)C(=O)OCc1ccccc1. The molecule has 6 heteroatoms. The molecule has 0 saturated carbocycles. The molecule has 3 N–H and O–H groups in total. The van der Waals surface area contributed by atoms with Crippen LogP contribution in [-0.2, 0) is 16.1 Å². The molecule has 0 radical (unpaired) electrons. The van der Waals surface area contributed by atoms with Gasteiger partial charge in [-0.1, -0.05) is 30.3 Å². The van der Waals surface area contributed by atoms with Gasteiger partial charge in [-0.05, 0) is 24.0 Å². The monoisotopic (exact) mass is 282 g/mol. The first-order valence-corrected chi connectivity index (χ1v) is 7.28. The molecule has 1 atom stereocenters. The topological polar surface area (TPSA) is 81.4 Å². The number of esters is 1. The molecular weight excluding hydrogens is 264 g/mol. The molecule has 0 fully saturated rings. The van der Waals surface area contributed by atoms with Crippen LogP contribution >= 0.6 is 11.8 Å². The molecule has 2 amide bonds. The van der Waals surface area contributed by atoms with Crippen molar-refractivity contribution in [1.29, 1.82) is 0 Å². The molecule has 0 aliphatic carbocycles. The van der Waals surface area contributed by atoms with E-state index in [1.165, 1.54) is 0 Å². The van der Waals surface area contributed by atoms with Gasteiger partial charge in [-0.3, -0.25) is 0 Å². The van der Waals surface area contributed by atoms with Crippen LogP contribution in [0.1, 0.15) is 12.0 Å². The number of hydrogen-bond acceptors (Lipinski definition) is 4. The Bertz CT molecular complexity index is 412. The second-order valence-electron chi connectivity index (χ2n) is 3.94. The zero-order chi connectivity index (χ0) is 14.1. The number of benzene rings is 1. The third-order valence-corrected chi connectivity index (χ3v) is 3.08. The smallest absolute Gasteiger partial charge is 0.329 e. The Labute approximate surface area is 116 Å². The van der Waals surface area contributed by atoms with Crippen LogP contribution in [-0.4, -0.2) is 30.1 Å². The summed E-state index contributed by atoms with van der Waals surface area (Å²) in [5, 5.41) is 2.40. The van der Waals surface area contributed by atoms with Crippen LogP contribution in [0.25, 0.3) is 0 Å². The van der Waals surface area contributed by atoms with Crippen LogP contribution in [0, 0.1) is 0 Å². The fourth-order valence-electron chi connectivity index (χ4n) is 1.49. The van der Waals surface area contributed by atoms with Gasteiger partial charge in [0.1, 0.15) is 12.6 Å². The van der Waals surface area contributed by atoms with Gasteiger partial charge in [0.15, 0.2) is 0 Å². The molecule has 0 spiro atoms. The highest BCUT2D eigenvalue weighted by Gasteiger charge is 2.20. The minimum absolute atomic E-state index is 0.190. The lowest BCUT2D eigenvalue weighted by Gasteiger charge is -2.16. The third-order valence-electron chi connectivity index (χ3n) is 2.44. The predicted molar refractivity (Wildman–Crippen MR) is 75.7 cm³/mol. The molecule has 0 heterocycles. The number of amides is 2. The molecule has 19 heavy (non-hydrogen) atoms. The lowest BCUT2D eigenvalue weighted by Crippen LogP contribution is -2.44. The van der Waals surface area contributed by atoms with E-state index in [0.717, 1.165) is 11.3 Å². The lowest BCUT2D eigenvalue weighted by molar-refractivity contribution is -0.147. The maximum Gasteiger partial charge on any atom is 0.329 e. The Hall–Kier alpha value is -1.69. The minimum atomic E-state index is -0.720. The first-order valence-electron chi connectivity index (χ1n) is 5.89.